The molecule has 0 spiro atoms. The number of aromatic nitrogens is 2. The Kier molecular flexibility index (Phi) is 4.65. The predicted molar refractivity (Wildman–Crippen MR) is 78.1 cm³/mol. The van der Waals surface area contributed by atoms with Crippen LogP contribution in [0.15, 0.2) is 41.3 Å². The van der Waals surface area contributed by atoms with Gasteiger partial charge in [-0.2, -0.15) is 0 Å². The molecule has 0 aliphatic carbocycles. The van der Waals surface area contributed by atoms with Gasteiger partial charge in [-0.3, -0.25) is 4.79 Å². The van der Waals surface area contributed by atoms with E-state index in [-0.39, 0.29) is 11.7 Å². The van der Waals surface area contributed by atoms with E-state index in [4.69, 9.17) is 5.73 Å². The molecule has 0 radical (unpaired) electrons. The van der Waals surface area contributed by atoms with E-state index in [1.165, 1.54) is 12.4 Å². The Morgan fingerprint density at radius 2 is 2.00 bits per heavy atom. The molecular formula is C13H13BrN4O2. The number of phenolic OH excluding ortho intramolecular Hbond substituents is 1. The smallest absolute Gasteiger partial charge is 0.242 e. The van der Waals surface area contributed by atoms with Gasteiger partial charge in [-0.1, -0.05) is 12.1 Å². The van der Waals surface area contributed by atoms with Crippen molar-refractivity contribution in [3.63, 3.8) is 0 Å². The zero-order valence-corrected chi connectivity index (χ0v) is 12.0. The lowest BCUT2D eigenvalue weighted by Crippen LogP contribution is -2.37. The second kappa shape index (κ2) is 6.44. The number of nitrogens with zero attached hydrogens (tertiary/aromatic N) is 2. The Morgan fingerprint density at radius 3 is 2.60 bits per heavy atom. The number of phenols is 1. The first-order chi connectivity index (χ1) is 9.54. The number of nitrogens with one attached hydrogen (secondary N) is 1. The van der Waals surface area contributed by atoms with Gasteiger partial charge in [0.15, 0.2) is 5.82 Å². The van der Waals surface area contributed by atoms with Crippen LogP contribution in [0.2, 0.25) is 0 Å². The van der Waals surface area contributed by atoms with E-state index >= 15 is 0 Å². The van der Waals surface area contributed by atoms with E-state index in [1.807, 2.05) is 0 Å². The van der Waals surface area contributed by atoms with Gasteiger partial charge >= 0.3 is 0 Å². The van der Waals surface area contributed by atoms with Gasteiger partial charge in [-0.05, 0) is 40.0 Å². The molecule has 0 saturated carbocycles. The Balaban J connectivity index is 1.94. The van der Waals surface area contributed by atoms with Gasteiger partial charge in [-0.25, -0.2) is 9.97 Å². The molecule has 0 fully saturated rings. The zero-order valence-electron chi connectivity index (χ0n) is 10.5. The topological polar surface area (TPSA) is 101 Å². The molecule has 7 heteroatoms. The van der Waals surface area contributed by atoms with Crippen LogP contribution >= 0.6 is 15.9 Å². The molecule has 1 heterocycles. The minimum Gasteiger partial charge on any atom is -0.508 e. The fraction of sp³-hybridized carbons (Fsp3) is 0.154. The quantitative estimate of drug-likeness (QED) is 0.784. The number of hydrogen-bond acceptors (Lipinski definition) is 5. The van der Waals surface area contributed by atoms with E-state index in [2.05, 4.69) is 31.2 Å². The van der Waals surface area contributed by atoms with Gasteiger partial charge in [0.1, 0.15) is 10.4 Å². The zero-order chi connectivity index (χ0) is 14.5. The molecule has 1 aromatic carbocycles. The van der Waals surface area contributed by atoms with Crippen LogP contribution in [0.3, 0.4) is 0 Å². The third-order valence-electron chi connectivity index (χ3n) is 2.60. The SMILES string of the molecule is N[C@@H](Cc1ccc(O)cc1)C(=O)Nc1cnc(Br)cn1. The highest BCUT2D eigenvalue weighted by Crippen LogP contribution is 2.11. The summed E-state index contributed by atoms with van der Waals surface area (Å²) < 4.78 is 0.587. The van der Waals surface area contributed by atoms with E-state index in [9.17, 15) is 9.90 Å². The van der Waals surface area contributed by atoms with Crippen LogP contribution in [0.5, 0.6) is 5.75 Å². The van der Waals surface area contributed by atoms with Gasteiger partial charge < -0.3 is 16.2 Å². The van der Waals surface area contributed by atoms with E-state index in [1.54, 1.807) is 24.3 Å². The van der Waals surface area contributed by atoms with Crippen molar-refractivity contribution < 1.29 is 9.90 Å². The van der Waals surface area contributed by atoms with E-state index in [0.29, 0.717) is 16.8 Å². The molecule has 2 aromatic rings. The third kappa shape index (κ3) is 4.01. The Labute approximate surface area is 124 Å². The van der Waals surface area contributed by atoms with Crippen molar-refractivity contribution in [3.05, 3.63) is 46.8 Å². The third-order valence-corrected chi connectivity index (χ3v) is 3.01. The predicted octanol–water partition coefficient (Wildman–Crippen LogP) is 1.45. The van der Waals surface area contributed by atoms with Gasteiger partial charge in [0.25, 0.3) is 0 Å². The summed E-state index contributed by atoms with van der Waals surface area (Å²) >= 11 is 3.16. The first-order valence-corrected chi connectivity index (χ1v) is 6.66. The molecule has 4 N–H and O–H groups in total. The van der Waals surface area contributed by atoms with Crippen LogP contribution in [-0.4, -0.2) is 27.0 Å². The number of halogens is 1. The lowest BCUT2D eigenvalue weighted by Gasteiger charge is -2.11. The maximum atomic E-state index is 11.9. The molecule has 0 aliphatic heterocycles. The summed E-state index contributed by atoms with van der Waals surface area (Å²) in [6.07, 6.45) is 3.30. The standard InChI is InChI=1S/C13H13BrN4O2/c14-11-6-17-12(7-16-11)18-13(20)10(15)5-8-1-3-9(19)4-2-8/h1-4,6-7,10,19H,5,15H2,(H,17,18,20)/t10-/m0/s1. The molecule has 2 rings (SSSR count). The fourth-order valence-electron chi connectivity index (χ4n) is 1.57. The van der Waals surface area contributed by atoms with Crippen LogP contribution in [0, 0.1) is 0 Å². The molecule has 0 unspecified atom stereocenters. The molecule has 6 nitrogen and oxygen atoms in total. The first-order valence-electron chi connectivity index (χ1n) is 5.86. The number of rotatable bonds is 4. The summed E-state index contributed by atoms with van der Waals surface area (Å²) in [7, 11) is 0. The molecule has 0 aliphatic rings. The summed E-state index contributed by atoms with van der Waals surface area (Å²) in [4.78, 5) is 19.8. The summed E-state index contributed by atoms with van der Waals surface area (Å²) in [5.74, 6) is 0.186. The number of carbonyl (C=O) groups excluding carboxylic acids is 1. The van der Waals surface area contributed by atoms with Crippen LogP contribution in [0.25, 0.3) is 0 Å². The molecule has 1 atom stereocenters. The molecule has 0 saturated heterocycles. The van der Waals surface area contributed by atoms with Crippen LogP contribution in [-0.2, 0) is 11.2 Å². The van der Waals surface area contributed by atoms with Crippen molar-refractivity contribution in [2.75, 3.05) is 5.32 Å². The maximum absolute atomic E-state index is 11.9. The first kappa shape index (κ1) is 14.4. The Morgan fingerprint density at radius 1 is 1.30 bits per heavy atom. The minimum atomic E-state index is -0.704. The Bertz CT molecular complexity index is 586. The highest BCUT2D eigenvalue weighted by atomic mass is 79.9. The second-order valence-electron chi connectivity index (χ2n) is 4.19. The number of amides is 1. The highest BCUT2D eigenvalue weighted by Gasteiger charge is 2.15. The average Bonchev–Trinajstić information content (AvgIpc) is 2.44. The molecule has 0 bridgehead atoms. The van der Waals surface area contributed by atoms with Crippen molar-refractivity contribution in [3.8, 4) is 5.75 Å². The molecule has 1 amide bonds. The fourth-order valence-corrected chi connectivity index (χ4v) is 1.78. The van der Waals surface area contributed by atoms with Crippen molar-refractivity contribution in [1.82, 2.24) is 9.97 Å². The summed E-state index contributed by atoms with van der Waals surface area (Å²) in [6, 6.07) is 5.86. The summed E-state index contributed by atoms with van der Waals surface area (Å²) in [5.41, 5.74) is 6.70. The van der Waals surface area contributed by atoms with Crippen molar-refractivity contribution >= 4 is 27.7 Å². The molecular weight excluding hydrogens is 324 g/mol. The van der Waals surface area contributed by atoms with Crippen molar-refractivity contribution in [1.29, 1.82) is 0 Å². The van der Waals surface area contributed by atoms with Crippen molar-refractivity contribution in [2.45, 2.75) is 12.5 Å². The average molecular weight is 337 g/mol. The monoisotopic (exact) mass is 336 g/mol. The summed E-state index contributed by atoms with van der Waals surface area (Å²) in [5, 5.41) is 11.8. The minimum absolute atomic E-state index is 0.178. The summed E-state index contributed by atoms with van der Waals surface area (Å²) in [6.45, 7) is 0. The normalized spacial score (nSPS) is 11.9. The molecule has 1 aromatic heterocycles. The number of aromatic hydroxyl groups is 1. The largest absolute Gasteiger partial charge is 0.508 e. The number of nitrogens with two attached hydrogens (primary N) is 1. The van der Waals surface area contributed by atoms with Crippen LogP contribution in [0.4, 0.5) is 5.82 Å². The molecule has 20 heavy (non-hydrogen) atoms. The lowest BCUT2D eigenvalue weighted by molar-refractivity contribution is -0.117. The van der Waals surface area contributed by atoms with Crippen LogP contribution in [0.1, 0.15) is 5.56 Å². The number of benzene rings is 1. The van der Waals surface area contributed by atoms with Gasteiger partial charge in [0.05, 0.1) is 18.4 Å². The van der Waals surface area contributed by atoms with Gasteiger partial charge in [0, 0.05) is 0 Å². The Hall–Kier alpha value is -1.99. The number of hydrogen-bond donors (Lipinski definition) is 3. The highest BCUT2D eigenvalue weighted by molar-refractivity contribution is 9.10. The van der Waals surface area contributed by atoms with Gasteiger partial charge in [0.2, 0.25) is 5.91 Å². The second-order valence-corrected chi connectivity index (χ2v) is 5.00. The van der Waals surface area contributed by atoms with Crippen LogP contribution < -0.4 is 11.1 Å². The lowest BCUT2D eigenvalue weighted by atomic mass is 10.1. The maximum Gasteiger partial charge on any atom is 0.242 e. The van der Waals surface area contributed by atoms with Crippen molar-refractivity contribution in [2.24, 2.45) is 5.73 Å². The number of anilines is 1. The van der Waals surface area contributed by atoms with Gasteiger partial charge in [-0.15, -0.1) is 0 Å². The molecule has 104 valence electrons. The number of carbonyl (C=O) groups is 1. The van der Waals surface area contributed by atoms with E-state index in [0.717, 1.165) is 5.56 Å². The van der Waals surface area contributed by atoms with E-state index < -0.39 is 6.04 Å².